The van der Waals surface area contributed by atoms with Crippen molar-refractivity contribution in [1.29, 1.82) is 0 Å². The van der Waals surface area contributed by atoms with Gasteiger partial charge in [-0.2, -0.15) is 0 Å². The quantitative estimate of drug-likeness (QED) is 0.550. The average Bonchev–Trinajstić information content (AvgIpc) is 1.84. The van der Waals surface area contributed by atoms with Crippen LogP contribution in [0.4, 0.5) is 8.78 Å². The molecule has 1 heterocycles. The molecule has 0 aromatic carbocycles. The lowest BCUT2D eigenvalue weighted by atomic mass is 9.89. The standard InChI is InChI=1S/C7H13F2N/c1-5-3-10-4-6(2)7(5,8)9/h5-6,10H,3-4H2,1-2H3/t5-,6?/m1/s1. The lowest BCUT2D eigenvalue weighted by Gasteiger charge is -2.34. The molecule has 1 nitrogen and oxygen atoms in total. The molecule has 1 rings (SSSR count). The summed E-state index contributed by atoms with van der Waals surface area (Å²) in [5.74, 6) is -3.50. The largest absolute Gasteiger partial charge is 0.316 e. The van der Waals surface area contributed by atoms with Crippen LogP contribution in [0.25, 0.3) is 0 Å². The van der Waals surface area contributed by atoms with Crippen molar-refractivity contribution < 1.29 is 8.78 Å². The molecule has 1 aliphatic heterocycles. The summed E-state index contributed by atoms with van der Waals surface area (Å²) in [7, 11) is 0. The van der Waals surface area contributed by atoms with E-state index in [1.807, 2.05) is 0 Å². The summed E-state index contributed by atoms with van der Waals surface area (Å²) in [5.41, 5.74) is 0. The topological polar surface area (TPSA) is 12.0 Å². The molecule has 3 heteroatoms. The molecular weight excluding hydrogens is 136 g/mol. The van der Waals surface area contributed by atoms with Gasteiger partial charge in [-0.1, -0.05) is 13.8 Å². The van der Waals surface area contributed by atoms with Crippen molar-refractivity contribution in [2.24, 2.45) is 11.8 Å². The highest BCUT2D eigenvalue weighted by molar-refractivity contribution is 4.86. The summed E-state index contributed by atoms with van der Waals surface area (Å²) in [6, 6.07) is 0. The van der Waals surface area contributed by atoms with E-state index in [-0.39, 0.29) is 0 Å². The number of halogens is 2. The molecule has 1 unspecified atom stereocenters. The van der Waals surface area contributed by atoms with Gasteiger partial charge in [0.1, 0.15) is 0 Å². The smallest absolute Gasteiger partial charge is 0.255 e. The molecule has 1 saturated heterocycles. The Kier molecular flexibility index (Phi) is 1.95. The molecule has 1 N–H and O–H groups in total. The van der Waals surface area contributed by atoms with Crippen LogP contribution in [-0.4, -0.2) is 19.0 Å². The van der Waals surface area contributed by atoms with Crippen LogP contribution in [0.2, 0.25) is 0 Å². The summed E-state index contributed by atoms with van der Waals surface area (Å²) >= 11 is 0. The van der Waals surface area contributed by atoms with E-state index in [1.54, 1.807) is 13.8 Å². The molecule has 0 saturated carbocycles. The first-order valence-electron chi connectivity index (χ1n) is 3.63. The summed E-state index contributed by atoms with van der Waals surface area (Å²) in [5, 5.41) is 2.96. The Morgan fingerprint density at radius 1 is 1.20 bits per heavy atom. The van der Waals surface area contributed by atoms with Gasteiger partial charge >= 0.3 is 0 Å². The van der Waals surface area contributed by atoms with E-state index in [0.717, 1.165) is 0 Å². The van der Waals surface area contributed by atoms with E-state index in [4.69, 9.17) is 0 Å². The third kappa shape index (κ3) is 1.15. The van der Waals surface area contributed by atoms with E-state index in [2.05, 4.69) is 5.32 Å². The molecular formula is C7H13F2N. The van der Waals surface area contributed by atoms with Gasteiger partial charge in [-0.3, -0.25) is 0 Å². The minimum absolute atomic E-state index is 0.442. The maximum atomic E-state index is 13.0. The molecule has 60 valence electrons. The first-order chi connectivity index (χ1) is 4.55. The Morgan fingerprint density at radius 3 is 1.90 bits per heavy atom. The van der Waals surface area contributed by atoms with Gasteiger partial charge in [0, 0.05) is 24.9 Å². The molecule has 0 aromatic rings. The second kappa shape index (κ2) is 2.46. The Morgan fingerprint density at radius 2 is 1.60 bits per heavy atom. The van der Waals surface area contributed by atoms with Gasteiger partial charge in [0.15, 0.2) is 0 Å². The van der Waals surface area contributed by atoms with Crippen LogP contribution in [0.3, 0.4) is 0 Å². The minimum atomic E-state index is -2.47. The maximum absolute atomic E-state index is 13.0. The third-order valence-electron chi connectivity index (χ3n) is 2.22. The lowest BCUT2D eigenvalue weighted by Crippen LogP contribution is -2.49. The van der Waals surface area contributed by atoms with Crippen molar-refractivity contribution in [3.63, 3.8) is 0 Å². The van der Waals surface area contributed by atoms with Crippen molar-refractivity contribution in [3.8, 4) is 0 Å². The monoisotopic (exact) mass is 149 g/mol. The van der Waals surface area contributed by atoms with E-state index in [1.165, 1.54) is 0 Å². The van der Waals surface area contributed by atoms with Crippen LogP contribution in [0.1, 0.15) is 13.8 Å². The second-order valence-electron chi connectivity index (χ2n) is 3.13. The van der Waals surface area contributed by atoms with Crippen molar-refractivity contribution in [1.82, 2.24) is 5.32 Å². The van der Waals surface area contributed by atoms with Crippen molar-refractivity contribution >= 4 is 0 Å². The van der Waals surface area contributed by atoms with Gasteiger partial charge in [-0.05, 0) is 0 Å². The molecule has 0 aromatic heterocycles. The van der Waals surface area contributed by atoms with Gasteiger partial charge in [-0.25, -0.2) is 8.78 Å². The van der Waals surface area contributed by atoms with Crippen LogP contribution in [0.5, 0.6) is 0 Å². The molecule has 1 aliphatic rings. The van der Waals surface area contributed by atoms with Crippen LogP contribution in [-0.2, 0) is 0 Å². The van der Waals surface area contributed by atoms with Crippen LogP contribution >= 0.6 is 0 Å². The number of piperidine rings is 1. The normalized spacial score (nSPS) is 39.6. The predicted molar refractivity (Wildman–Crippen MR) is 36.1 cm³/mol. The molecule has 1 fully saturated rings. The zero-order valence-corrected chi connectivity index (χ0v) is 6.32. The van der Waals surface area contributed by atoms with E-state index >= 15 is 0 Å². The number of alkyl halides is 2. The second-order valence-corrected chi connectivity index (χ2v) is 3.13. The number of rotatable bonds is 0. The van der Waals surface area contributed by atoms with Crippen LogP contribution in [0, 0.1) is 11.8 Å². The molecule has 0 radical (unpaired) electrons. The van der Waals surface area contributed by atoms with Gasteiger partial charge in [0.25, 0.3) is 5.92 Å². The zero-order valence-electron chi connectivity index (χ0n) is 6.32. The average molecular weight is 149 g/mol. The Labute approximate surface area is 59.8 Å². The molecule has 0 aliphatic carbocycles. The van der Waals surface area contributed by atoms with Gasteiger partial charge < -0.3 is 5.32 Å². The highest BCUT2D eigenvalue weighted by Crippen LogP contribution is 2.34. The summed E-state index contributed by atoms with van der Waals surface area (Å²) < 4.78 is 25.9. The zero-order chi connectivity index (χ0) is 7.78. The molecule has 10 heavy (non-hydrogen) atoms. The highest BCUT2D eigenvalue weighted by atomic mass is 19.3. The SMILES string of the molecule is CC1CNC[C@@H](C)C1(F)F. The predicted octanol–water partition coefficient (Wildman–Crippen LogP) is 1.50. The van der Waals surface area contributed by atoms with E-state index < -0.39 is 17.8 Å². The number of nitrogens with one attached hydrogen (secondary N) is 1. The van der Waals surface area contributed by atoms with Crippen molar-refractivity contribution in [2.45, 2.75) is 19.8 Å². The summed E-state index contributed by atoms with van der Waals surface area (Å²) in [4.78, 5) is 0. The van der Waals surface area contributed by atoms with Crippen molar-refractivity contribution in [3.05, 3.63) is 0 Å². The summed E-state index contributed by atoms with van der Waals surface area (Å²) in [6.45, 7) is 4.06. The highest BCUT2D eigenvalue weighted by Gasteiger charge is 2.44. The van der Waals surface area contributed by atoms with Crippen LogP contribution in [0.15, 0.2) is 0 Å². The fourth-order valence-corrected chi connectivity index (χ4v) is 1.27. The fraction of sp³-hybridized carbons (Fsp3) is 1.00. The van der Waals surface area contributed by atoms with Gasteiger partial charge in [-0.15, -0.1) is 0 Å². The lowest BCUT2D eigenvalue weighted by molar-refractivity contribution is -0.111. The molecule has 0 amide bonds. The van der Waals surface area contributed by atoms with Gasteiger partial charge in [0.05, 0.1) is 0 Å². The van der Waals surface area contributed by atoms with Gasteiger partial charge in [0.2, 0.25) is 0 Å². The van der Waals surface area contributed by atoms with E-state index in [9.17, 15) is 8.78 Å². The minimum Gasteiger partial charge on any atom is -0.316 e. The summed E-state index contributed by atoms with van der Waals surface area (Å²) in [6.07, 6.45) is 0. The van der Waals surface area contributed by atoms with E-state index in [0.29, 0.717) is 13.1 Å². The number of hydrogen-bond acceptors (Lipinski definition) is 1. The Bertz CT molecular complexity index is 113. The number of hydrogen-bond donors (Lipinski definition) is 1. The molecule has 0 bridgehead atoms. The first-order valence-corrected chi connectivity index (χ1v) is 3.63. The molecule has 0 spiro atoms. The Hall–Kier alpha value is -0.180. The Balaban J connectivity index is 2.63. The van der Waals surface area contributed by atoms with Crippen molar-refractivity contribution in [2.75, 3.05) is 13.1 Å². The fourth-order valence-electron chi connectivity index (χ4n) is 1.27. The maximum Gasteiger partial charge on any atom is 0.255 e. The first kappa shape index (κ1) is 7.92. The van der Waals surface area contributed by atoms with Crippen LogP contribution < -0.4 is 5.32 Å². The molecule has 2 atom stereocenters. The third-order valence-corrected chi connectivity index (χ3v) is 2.22.